The Bertz CT molecular complexity index is 665. The molecule has 1 aliphatic heterocycles. The maximum Gasteiger partial charge on any atom is 0.317 e. The third-order valence-electron chi connectivity index (χ3n) is 4.03. The summed E-state index contributed by atoms with van der Waals surface area (Å²) < 4.78 is 22.5. The molecule has 1 saturated heterocycles. The highest BCUT2D eigenvalue weighted by Gasteiger charge is 2.20. The molecule has 0 bridgehead atoms. The van der Waals surface area contributed by atoms with E-state index >= 15 is 0 Å². The van der Waals surface area contributed by atoms with Crippen molar-refractivity contribution in [2.24, 2.45) is 5.14 Å². The third-order valence-corrected chi connectivity index (χ3v) is 4.95. The SMILES string of the molecule is C=CCNC(=O)N1CCN(CCc2ccc(S(N)(=O)=O)cc2)CC1. The van der Waals surface area contributed by atoms with Crippen LogP contribution < -0.4 is 10.5 Å². The minimum atomic E-state index is -3.64. The molecule has 1 fully saturated rings. The summed E-state index contributed by atoms with van der Waals surface area (Å²) in [5.74, 6) is 0. The molecule has 7 nitrogen and oxygen atoms in total. The number of carbonyl (C=O) groups excluding carboxylic acids is 1. The van der Waals surface area contributed by atoms with Gasteiger partial charge in [-0.15, -0.1) is 6.58 Å². The third kappa shape index (κ3) is 5.33. The number of primary sulfonamides is 1. The van der Waals surface area contributed by atoms with Crippen LogP contribution in [0.15, 0.2) is 41.8 Å². The van der Waals surface area contributed by atoms with Gasteiger partial charge >= 0.3 is 6.03 Å². The molecule has 1 aliphatic rings. The highest BCUT2D eigenvalue weighted by molar-refractivity contribution is 7.89. The van der Waals surface area contributed by atoms with E-state index in [-0.39, 0.29) is 10.9 Å². The molecule has 0 atom stereocenters. The summed E-state index contributed by atoms with van der Waals surface area (Å²) in [5.41, 5.74) is 1.06. The zero-order valence-electron chi connectivity index (χ0n) is 13.6. The van der Waals surface area contributed by atoms with Gasteiger partial charge in [-0.1, -0.05) is 18.2 Å². The van der Waals surface area contributed by atoms with Gasteiger partial charge in [0, 0.05) is 39.3 Å². The fraction of sp³-hybridized carbons (Fsp3) is 0.438. The van der Waals surface area contributed by atoms with Crippen LogP contribution in [0.4, 0.5) is 4.79 Å². The van der Waals surface area contributed by atoms with E-state index in [4.69, 9.17) is 5.14 Å². The number of piperazine rings is 1. The molecule has 2 amide bonds. The maximum atomic E-state index is 11.8. The Morgan fingerprint density at radius 1 is 1.21 bits per heavy atom. The van der Waals surface area contributed by atoms with Crippen molar-refractivity contribution >= 4 is 16.1 Å². The topological polar surface area (TPSA) is 95.7 Å². The van der Waals surface area contributed by atoms with Crippen molar-refractivity contribution in [2.45, 2.75) is 11.3 Å². The lowest BCUT2D eigenvalue weighted by atomic mass is 10.1. The molecule has 1 aromatic rings. The number of carbonyl (C=O) groups is 1. The van der Waals surface area contributed by atoms with Crippen molar-refractivity contribution in [3.63, 3.8) is 0 Å². The first-order valence-corrected chi connectivity index (χ1v) is 9.42. The summed E-state index contributed by atoms with van der Waals surface area (Å²) in [6.45, 7) is 8.00. The number of urea groups is 1. The number of hydrogen-bond acceptors (Lipinski definition) is 4. The van der Waals surface area contributed by atoms with Crippen LogP contribution in [0.3, 0.4) is 0 Å². The first kappa shape index (κ1) is 18.4. The van der Waals surface area contributed by atoms with Gasteiger partial charge in [-0.2, -0.15) is 0 Å². The normalized spacial score (nSPS) is 16.0. The van der Waals surface area contributed by atoms with Gasteiger partial charge in [-0.3, -0.25) is 4.90 Å². The predicted molar refractivity (Wildman–Crippen MR) is 93.1 cm³/mol. The second kappa shape index (κ2) is 8.27. The number of nitrogens with zero attached hydrogens (tertiary/aromatic N) is 2. The standard InChI is InChI=1S/C16H24N4O3S/c1-2-8-18-16(21)20-12-10-19(11-13-20)9-7-14-3-5-15(6-4-14)24(17,22)23/h2-6H,1,7-13H2,(H,18,21)(H2,17,22,23). The summed E-state index contributed by atoms with van der Waals surface area (Å²) >= 11 is 0. The molecule has 0 saturated carbocycles. The molecular weight excluding hydrogens is 328 g/mol. The smallest absolute Gasteiger partial charge is 0.317 e. The lowest BCUT2D eigenvalue weighted by Gasteiger charge is -2.34. The molecule has 0 spiro atoms. The van der Waals surface area contributed by atoms with Gasteiger partial charge in [0.25, 0.3) is 0 Å². The average Bonchev–Trinajstić information content (AvgIpc) is 2.58. The number of rotatable bonds is 6. The van der Waals surface area contributed by atoms with E-state index in [0.717, 1.165) is 31.6 Å². The quantitative estimate of drug-likeness (QED) is 0.724. The van der Waals surface area contributed by atoms with Crippen molar-refractivity contribution in [2.75, 3.05) is 39.3 Å². The van der Waals surface area contributed by atoms with Gasteiger partial charge in [0.05, 0.1) is 4.90 Å². The molecule has 132 valence electrons. The van der Waals surface area contributed by atoms with Crippen molar-refractivity contribution in [1.29, 1.82) is 0 Å². The second-order valence-corrected chi connectivity index (χ2v) is 7.30. The fourth-order valence-corrected chi connectivity index (χ4v) is 3.09. The zero-order valence-corrected chi connectivity index (χ0v) is 14.5. The Balaban J connectivity index is 1.76. The average molecular weight is 352 g/mol. The molecule has 0 aromatic heterocycles. The van der Waals surface area contributed by atoms with Crippen LogP contribution in [-0.4, -0.2) is 63.5 Å². The lowest BCUT2D eigenvalue weighted by Crippen LogP contribution is -2.52. The summed E-state index contributed by atoms with van der Waals surface area (Å²) in [5, 5.41) is 7.87. The van der Waals surface area contributed by atoms with Crippen molar-refractivity contribution in [3.8, 4) is 0 Å². The highest BCUT2D eigenvalue weighted by atomic mass is 32.2. The number of nitrogens with two attached hydrogens (primary N) is 1. The highest BCUT2D eigenvalue weighted by Crippen LogP contribution is 2.10. The first-order valence-electron chi connectivity index (χ1n) is 7.88. The molecule has 24 heavy (non-hydrogen) atoms. The number of amides is 2. The zero-order chi connectivity index (χ0) is 17.6. The van der Waals surface area contributed by atoms with E-state index in [1.807, 2.05) is 0 Å². The van der Waals surface area contributed by atoms with Crippen LogP contribution in [0, 0.1) is 0 Å². The Labute approximate surface area is 143 Å². The first-order chi connectivity index (χ1) is 11.4. The number of hydrogen-bond donors (Lipinski definition) is 2. The van der Waals surface area contributed by atoms with E-state index in [9.17, 15) is 13.2 Å². The second-order valence-electron chi connectivity index (χ2n) is 5.74. The monoisotopic (exact) mass is 352 g/mol. The van der Waals surface area contributed by atoms with Gasteiger partial charge < -0.3 is 10.2 Å². The van der Waals surface area contributed by atoms with Gasteiger partial charge in [0.2, 0.25) is 10.0 Å². The molecule has 0 aliphatic carbocycles. The summed E-state index contributed by atoms with van der Waals surface area (Å²) in [6, 6.07) is 6.60. The molecule has 8 heteroatoms. The largest absolute Gasteiger partial charge is 0.335 e. The summed E-state index contributed by atoms with van der Waals surface area (Å²) in [4.78, 5) is 16.1. The van der Waals surface area contributed by atoms with E-state index < -0.39 is 10.0 Å². The van der Waals surface area contributed by atoms with E-state index in [2.05, 4.69) is 16.8 Å². The molecule has 1 heterocycles. The maximum absolute atomic E-state index is 11.8. The van der Waals surface area contributed by atoms with Gasteiger partial charge in [0.15, 0.2) is 0 Å². The van der Waals surface area contributed by atoms with Crippen molar-refractivity contribution < 1.29 is 13.2 Å². The molecule has 0 radical (unpaired) electrons. The predicted octanol–water partition coefficient (Wildman–Crippen LogP) is 0.390. The van der Waals surface area contributed by atoms with Crippen LogP contribution >= 0.6 is 0 Å². The molecular formula is C16H24N4O3S. The van der Waals surface area contributed by atoms with Gasteiger partial charge in [-0.25, -0.2) is 18.4 Å². The Kier molecular flexibility index (Phi) is 6.36. The lowest BCUT2D eigenvalue weighted by molar-refractivity contribution is 0.141. The van der Waals surface area contributed by atoms with Crippen LogP contribution in [-0.2, 0) is 16.4 Å². The summed E-state index contributed by atoms with van der Waals surface area (Å²) in [6.07, 6.45) is 2.49. The number of sulfonamides is 1. The number of benzene rings is 1. The Hall–Kier alpha value is -1.90. The molecule has 0 unspecified atom stereocenters. The minimum Gasteiger partial charge on any atom is -0.335 e. The van der Waals surface area contributed by atoms with E-state index in [0.29, 0.717) is 19.6 Å². The molecule has 2 rings (SSSR count). The number of nitrogens with one attached hydrogen (secondary N) is 1. The van der Waals surface area contributed by atoms with Crippen LogP contribution in [0.5, 0.6) is 0 Å². The summed E-state index contributed by atoms with van der Waals surface area (Å²) in [7, 11) is -3.64. The van der Waals surface area contributed by atoms with Crippen LogP contribution in [0.2, 0.25) is 0 Å². The van der Waals surface area contributed by atoms with Gasteiger partial charge in [-0.05, 0) is 24.1 Å². The van der Waals surface area contributed by atoms with Crippen LogP contribution in [0.25, 0.3) is 0 Å². The van der Waals surface area contributed by atoms with Crippen molar-refractivity contribution in [1.82, 2.24) is 15.1 Å². The van der Waals surface area contributed by atoms with Gasteiger partial charge in [0.1, 0.15) is 0 Å². The molecule has 3 N–H and O–H groups in total. The Morgan fingerprint density at radius 3 is 2.38 bits per heavy atom. The van der Waals surface area contributed by atoms with Crippen molar-refractivity contribution in [3.05, 3.63) is 42.5 Å². The van der Waals surface area contributed by atoms with E-state index in [1.165, 1.54) is 12.1 Å². The minimum absolute atomic E-state index is 0.0480. The fourth-order valence-electron chi connectivity index (χ4n) is 2.58. The van der Waals surface area contributed by atoms with Crippen LogP contribution in [0.1, 0.15) is 5.56 Å². The van der Waals surface area contributed by atoms with E-state index in [1.54, 1.807) is 23.1 Å². The Morgan fingerprint density at radius 2 is 1.83 bits per heavy atom. The molecule has 1 aromatic carbocycles.